The van der Waals surface area contributed by atoms with Crippen molar-refractivity contribution in [2.45, 2.75) is 38.8 Å². The van der Waals surface area contributed by atoms with Gasteiger partial charge in [0.1, 0.15) is 5.54 Å². The first-order valence-corrected chi connectivity index (χ1v) is 7.15. The molecule has 0 aromatic heterocycles. The van der Waals surface area contributed by atoms with E-state index in [2.05, 4.69) is 5.32 Å². The molecule has 0 heterocycles. The quantitative estimate of drug-likeness (QED) is 0.874. The van der Waals surface area contributed by atoms with E-state index in [-0.39, 0.29) is 11.9 Å². The highest BCUT2D eigenvalue weighted by molar-refractivity contribution is 5.86. The molecule has 1 aliphatic carbocycles. The van der Waals surface area contributed by atoms with Crippen molar-refractivity contribution in [1.29, 1.82) is 0 Å². The Morgan fingerprint density at radius 1 is 1.43 bits per heavy atom. The number of carbonyl (C=O) groups is 2. The number of benzene rings is 1. The summed E-state index contributed by atoms with van der Waals surface area (Å²) in [6.07, 6.45) is 1.70. The van der Waals surface area contributed by atoms with Crippen molar-refractivity contribution in [3.63, 3.8) is 0 Å². The van der Waals surface area contributed by atoms with Gasteiger partial charge in [0.2, 0.25) is 0 Å². The summed E-state index contributed by atoms with van der Waals surface area (Å²) in [5.41, 5.74) is 0.989. The van der Waals surface area contributed by atoms with Gasteiger partial charge in [-0.1, -0.05) is 29.8 Å². The van der Waals surface area contributed by atoms with Crippen LogP contribution >= 0.6 is 0 Å². The van der Waals surface area contributed by atoms with E-state index in [0.29, 0.717) is 6.54 Å². The van der Waals surface area contributed by atoms with Crippen molar-refractivity contribution in [2.24, 2.45) is 5.92 Å². The number of carboxylic acids is 1. The lowest BCUT2D eigenvalue weighted by molar-refractivity contribution is -0.144. The summed E-state index contributed by atoms with van der Waals surface area (Å²) in [5, 5.41) is 12.0. The van der Waals surface area contributed by atoms with Gasteiger partial charge in [0.25, 0.3) is 0 Å². The number of nitrogens with one attached hydrogen (secondary N) is 1. The zero-order valence-electron chi connectivity index (χ0n) is 12.7. The van der Waals surface area contributed by atoms with Crippen LogP contribution in [0.5, 0.6) is 0 Å². The summed E-state index contributed by atoms with van der Waals surface area (Å²) < 4.78 is 0. The Kier molecular flexibility index (Phi) is 4.21. The summed E-state index contributed by atoms with van der Waals surface area (Å²) in [5.74, 6) is -0.936. The molecule has 1 unspecified atom stereocenters. The van der Waals surface area contributed by atoms with Crippen LogP contribution in [0.1, 0.15) is 30.9 Å². The fourth-order valence-electron chi connectivity index (χ4n) is 2.46. The lowest BCUT2D eigenvalue weighted by Gasteiger charge is -2.29. The molecule has 1 aromatic carbocycles. The van der Waals surface area contributed by atoms with Crippen molar-refractivity contribution in [3.8, 4) is 0 Å². The lowest BCUT2D eigenvalue weighted by atomic mass is 9.96. The van der Waals surface area contributed by atoms with E-state index in [1.807, 2.05) is 31.2 Å². The van der Waals surface area contributed by atoms with Crippen LogP contribution < -0.4 is 5.32 Å². The van der Waals surface area contributed by atoms with Crippen LogP contribution in [0.2, 0.25) is 0 Å². The van der Waals surface area contributed by atoms with E-state index in [0.717, 1.165) is 24.0 Å². The van der Waals surface area contributed by atoms with Crippen LogP contribution in [0.4, 0.5) is 4.79 Å². The molecule has 0 radical (unpaired) electrons. The summed E-state index contributed by atoms with van der Waals surface area (Å²) >= 11 is 0. The fraction of sp³-hybridized carbons (Fsp3) is 0.500. The molecule has 0 bridgehead atoms. The van der Waals surface area contributed by atoms with E-state index in [1.54, 1.807) is 14.0 Å². The number of rotatable bonds is 5. The third-order valence-electron chi connectivity index (χ3n) is 4.05. The molecule has 0 saturated heterocycles. The van der Waals surface area contributed by atoms with Crippen molar-refractivity contribution < 1.29 is 14.7 Å². The first-order chi connectivity index (χ1) is 9.83. The minimum Gasteiger partial charge on any atom is -0.480 e. The summed E-state index contributed by atoms with van der Waals surface area (Å²) in [6.45, 7) is 4.04. The summed E-state index contributed by atoms with van der Waals surface area (Å²) in [6, 6.07) is 7.56. The largest absolute Gasteiger partial charge is 0.480 e. The molecule has 5 heteroatoms. The van der Waals surface area contributed by atoms with Gasteiger partial charge in [0, 0.05) is 13.6 Å². The third-order valence-corrected chi connectivity index (χ3v) is 4.05. The normalized spacial score (nSPS) is 16.9. The Labute approximate surface area is 125 Å². The van der Waals surface area contributed by atoms with Gasteiger partial charge in [-0.25, -0.2) is 9.59 Å². The highest BCUT2D eigenvalue weighted by Gasteiger charge is 2.48. The Morgan fingerprint density at radius 3 is 2.62 bits per heavy atom. The van der Waals surface area contributed by atoms with Crippen molar-refractivity contribution in [2.75, 3.05) is 7.05 Å². The molecular formula is C16H22N2O3. The SMILES string of the molecule is Cc1cccc(CN(C)C(=O)NC(C)(C(=O)O)C2CC2)c1. The van der Waals surface area contributed by atoms with Gasteiger partial charge in [-0.15, -0.1) is 0 Å². The second-order valence-corrected chi connectivity index (χ2v) is 6.06. The maximum absolute atomic E-state index is 12.2. The number of amides is 2. The molecule has 21 heavy (non-hydrogen) atoms. The number of carbonyl (C=O) groups excluding carboxylic acids is 1. The van der Waals surface area contributed by atoms with Crippen LogP contribution in [0.15, 0.2) is 24.3 Å². The second kappa shape index (κ2) is 5.76. The average Bonchev–Trinajstić information content (AvgIpc) is 3.22. The minimum absolute atomic E-state index is 0.0336. The van der Waals surface area contributed by atoms with Gasteiger partial charge in [-0.3, -0.25) is 0 Å². The molecule has 114 valence electrons. The highest BCUT2D eigenvalue weighted by atomic mass is 16.4. The van der Waals surface area contributed by atoms with E-state index in [4.69, 9.17) is 0 Å². The maximum Gasteiger partial charge on any atom is 0.329 e. The van der Waals surface area contributed by atoms with Crippen molar-refractivity contribution in [3.05, 3.63) is 35.4 Å². The number of hydrogen-bond donors (Lipinski definition) is 2. The van der Waals surface area contributed by atoms with Crippen LogP contribution in [-0.4, -0.2) is 34.6 Å². The van der Waals surface area contributed by atoms with Gasteiger partial charge < -0.3 is 15.3 Å². The smallest absolute Gasteiger partial charge is 0.329 e. The van der Waals surface area contributed by atoms with Gasteiger partial charge in [0.15, 0.2) is 0 Å². The minimum atomic E-state index is -1.17. The highest BCUT2D eigenvalue weighted by Crippen LogP contribution is 2.39. The Balaban J connectivity index is 2.00. The Bertz CT molecular complexity index is 554. The topological polar surface area (TPSA) is 69.6 Å². The number of hydrogen-bond acceptors (Lipinski definition) is 2. The summed E-state index contributed by atoms with van der Waals surface area (Å²) in [7, 11) is 1.67. The van der Waals surface area contributed by atoms with E-state index < -0.39 is 11.5 Å². The first-order valence-electron chi connectivity index (χ1n) is 7.15. The molecule has 2 rings (SSSR count). The van der Waals surface area contributed by atoms with Crippen molar-refractivity contribution >= 4 is 12.0 Å². The zero-order valence-corrected chi connectivity index (χ0v) is 12.7. The molecule has 1 atom stereocenters. The zero-order chi connectivity index (χ0) is 15.6. The third kappa shape index (κ3) is 3.54. The number of aliphatic carboxylic acids is 1. The predicted molar refractivity (Wildman–Crippen MR) is 79.9 cm³/mol. The molecular weight excluding hydrogens is 268 g/mol. The maximum atomic E-state index is 12.2. The molecule has 2 amide bonds. The number of urea groups is 1. The Hall–Kier alpha value is -2.04. The lowest BCUT2D eigenvalue weighted by Crippen LogP contribution is -2.56. The second-order valence-electron chi connectivity index (χ2n) is 6.06. The molecule has 1 aliphatic rings. The molecule has 1 fully saturated rings. The van der Waals surface area contributed by atoms with Crippen LogP contribution in [0, 0.1) is 12.8 Å². The average molecular weight is 290 g/mol. The number of nitrogens with zero attached hydrogens (tertiary/aromatic N) is 1. The van der Waals surface area contributed by atoms with E-state index >= 15 is 0 Å². The van der Waals surface area contributed by atoms with Gasteiger partial charge in [-0.05, 0) is 38.2 Å². The number of aryl methyl sites for hydroxylation is 1. The Morgan fingerprint density at radius 2 is 2.10 bits per heavy atom. The monoisotopic (exact) mass is 290 g/mol. The number of carboxylic acid groups (broad SMARTS) is 1. The van der Waals surface area contributed by atoms with E-state index in [9.17, 15) is 14.7 Å². The van der Waals surface area contributed by atoms with Crippen LogP contribution in [-0.2, 0) is 11.3 Å². The van der Waals surface area contributed by atoms with Gasteiger partial charge >= 0.3 is 12.0 Å². The standard InChI is InChI=1S/C16H22N2O3/c1-11-5-4-6-12(9-11)10-18(3)15(21)17-16(2,14(19)20)13-7-8-13/h4-6,9,13H,7-8,10H2,1-3H3,(H,17,21)(H,19,20). The molecule has 0 spiro atoms. The first kappa shape index (κ1) is 15.4. The summed E-state index contributed by atoms with van der Waals surface area (Å²) in [4.78, 5) is 25.2. The predicted octanol–water partition coefficient (Wildman–Crippen LogP) is 2.39. The van der Waals surface area contributed by atoms with Crippen molar-refractivity contribution in [1.82, 2.24) is 10.2 Å². The molecule has 0 aliphatic heterocycles. The molecule has 2 N–H and O–H groups in total. The molecule has 5 nitrogen and oxygen atoms in total. The van der Waals surface area contributed by atoms with Gasteiger partial charge in [0.05, 0.1) is 0 Å². The fourth-order valence-corrected chi connectivity index (χ4v) is 2.46. The van der Waals surface area contributed by atoms with E-state index in [1.165, 1.54) is 4.90 Å². The van der Waals surface area contributed by atoms with Crippen LogP contribution in [0.3, 0.4) is 0 Å². The van der Waals surface area contributed by atoms with Crippen LogP contribution in [0.25, 0.3) is 0 Å². The molecule has 1 saturated carbocycles. The molecule has 1 aromatic rings. The van der Waals surface area contributed by atoms with Gasteiger partial charge in [-0.2, -0.15) is 0 Å².